The number of ether oxygens (including phenoxy) is 1. The second kappa shape index (κ2) is 12.3. The number of nitrogens with zero attached hydrogens (tertiary/aromatic N) is 2. The van der Waals surface area contributed by atoms with Gasteiger partial charge in [0.2, 0.25) is 15.9 Å². The van der Waals surface area contributed by atoms with E-state index in [1.165, 1.54) is 25.1 Å². The SMILES string of the molecule is CCCCCCN(CCN1CCOCC1)C(=O)[C@H](C)NS(=O)(=O)c1ccccc1F. The fourth-order valence-corrected chi connectivity index (χ4v) is 4.71. The van der Waals surface area contributed by atoms with Crippen LogP contribution in [0.5, 0.6) is 0 Å². The van der Waals surface area contributed by atoms with Crippen molar-refractivity contribution >= 4 is 15.9 Å². The highest BCUT2D eigenvalue weighted by atomic mass is 32.2. The number of carbonyl (C=O) groups is 1. The molecular weight excluding hydrogens is 409 g/mol. The van der Waals surface area contributed by atoms with Gasteiger partial charge in [0.1, 0.15) is 10.7 Å². The molecule has 30 heavy (non-hydrogen) atoms. The van der Waals surface area contributed by atoms with E-state index >= 15 is 0 Å². The van der Waals surface area contributed by atoms with Gasteiger partial charge in [-0.25, -0.2) is 12.8 Å². The van der Waals surface area contributed by atoms with Crippen molar-refractivity contribution in [3.8, 4) is 0 Å². The summed E-state index contributed by atoms with van der Waals surface area (Å²) in [6.07, 6.45) is 4.09. The number of carbonyl (C=O) groups excluding carboxylic acids is 1. The molecule has 2 rings (SSSR count). The minimum absolute atomic E-state index is 0.292. The first-order chi connectivity index (χ1) is 14.3. The van der Waals surface area contributed by atoms with Gasteiger partial charge in [0.25, 0.3) is 0 Å². The Morgan fingerprint density at radius 1 is 1.20 bits per heavy atom. The third-order valence-electron chi connectivity index (χ3n) is 5.21. The van der Waals surface area contributed by atoms with Crippen LogP contribution in [0.25, 0.3) is 0 Å². The van der Waals surface area contributed by atoms with Crippen LogP contribution in [0.2, 0.25) is 0 Å². The average Bonchev–Trinajstić information content (AvgIpc) is 2.73. The van der Waals surface area contributed by atoms with E-state index in [9.17, 15) is 17.6 Å². The van der Waals surface area contributed by atoms with E-state index in [0.29, 0.717) is 26.3 Å². The first-order valence-electron chi connectivity index (χ1n) is 10.7. The topological polar surface area (TPSA) is 79.0 Å². The summed E-state index contributed by atoms with van der Waals surface area (Å²) in [4.78, 5) is 16.5. The van der Waals surface area contributed by atoms with Crippen molar-refractivity contribution in [2.75, 3.05) is 45.9 Å². The average molecular weight is 444 g/mol. The standard InChI is InChI=1S/C21H34FN3O4S/c1-3-4-5-8-11-25(13-12-24-14-16-29-17-15-24)21(26)18(2)23-30(27,28)20-10-7-6-9-19(20)22/h6-7,9-10,18,23H,3-5,8,11-17H2,1-2H3/t18-/m0/s1. The van der Waals surface area contributed by atoms with E-state index in [1.54, 1.807) is 4.90 Å². The van der Waals surface area contributed by atoms with Crippen molar-refractivity contribution in [1.82, 2.24) is 14.5 Å². The zero-order chi connectivity index (χ0) is 22.0. The van der Waals surface area contributed by atoms with Gasteiger partial charge in [-0.1, -0.05) is 38.3 Å². The quantitative estimate of drug-likeness (QED) is 0.501. The number of hydrogen-bond acceptors (Lipinski definition) is 5. The maximum absolute atomic E-state index is 13.9. The molecule has 0 radical (unpaired) electrons. The zero-order valence-electron chi connectivity index (χ0n) is 18.0. The molecule has 1 atom stereocenters. The fourth-order valence-electron chi connectivity index (χ4n) is 3.43. The van der Waals surface area contributed by atoms with E-state index in [0.717, 1.165) is 51.4 Å². The molecule has 170 valence electrons. The van der Waals surface area contributed by atoms with Crippen LogP contribution in [0.1, 0.15) is 39.5 Å². The van der Waals surface area contributed by atoms with Crippen LogP contribution in [-0.4, -0.2) is 76.1 Å². The Kier molecular flexibility index (Phi) is 10.2. The maximum Gasteiger partial charge on any atom is 0.244 e. The van der Waals surface area contributed by atoms with E-state index in [2.05, 4.69) is 16.5 Å². The highest BCUT2D eigenvalue weighted by Crippen LogP contribution is 2.14. The minimum atomic E-state index is -4.13. The van der Waals surface area contributed by atoms with E-state index in [4.69, 9.17) is 4.74 Å². The fraction of sp³-hybridized carbons (Fsp3) is 0.667. The Labute approximate surface area is 179 Å². The molecule has 0 bridgehead atoms. The lowest BCUT2D eigenvalue weighted by Gasteiger charge is -2.31. The number of unbranched alkanes of at least 4 members (excludes halogenated alkanes) is 3. The van der Waals surface area contributed by atoms with Crippen LogP contribution >= 0.6 is 0 Å². The summed E-state index contributed by atoms with van der Waals surface area (Å²) >= 11 is 0. The largest absolute Gasteiger partial charge is 0.379 e. The number of benzene rings is 1. The second-order valence-electron chi connectivity index (χ2n) is 7.61. The summed E-state index contributed by atoms with van der Waals surface area (Å²) in [5.41, 5.74) is 0. The lowest BCUT2D eigenvalue weighted by Crippen LogP contribution is -2.50. The van der Waals surface area contributed by atoms with Crippen LogP contribution in [-0.2, 0) is 19.6 Å². The van der Waals surface area contributed by atoms with Crippen molar-refractivity contribution < 1.29 is 22.3 Å². The lowest BCUT2D eigenvalue weighted by atomic mass is 10.2. The summed E-state index contributed by atoms with van der Waals surface area (Å²) in [5, 5.41) is 0. The van der Waals surface area contributed by atoms with Gasteiger partial charge in [0.15, 0.2) is 0 Å². The predicted octanol–water partition coefficient (Wildman–Crippen LogP) is 2.23. The number of hydrogen-bond donors (Lipinski definition) is 1. The number of nitrogens with one attached hydrogen (secondary N) is 1. The van der Waals surface area contributed by atoms with Crippen molar-refractivity contribution in [2.24, 2.45) is 0 Å². The monoisotopic (exact) mass is 443 g/mol. The van der Waals surface area contributed by atoms with Gasteiger partial charge in [-0.05, 0) is 25.5 Å². The van der Waals surface area contributed by atoms with Crippen molar-refractivity contribution in [3.05, 3.63) is 30.1 Å². The Morgan fingerprint density at radius 2 is 1.90 bits per heavy atom. The Hall–Kier alpha value is -1.55. The lowest BCUT2D eigenvalue weighted by molar-refractivity contribution is -0.133. The predicted molar refractivity (Wildman–Crippen MR) is 114 cm³/mol. The van der Waals surface area contributed by atoms with E-state index in [1.807, 2.05) is 0 Å². The van der Waals surface area contributed by atoms with Gasteiger partial charge < -0.3 is 9.64 Å². The van der Waals surface area contributed by atoms with Gasteiger partial charge in [0, 0.05) is 32.7 Å². The molecule has 1 aliphatic heterocycles. The second-order valence-corrected chi connectivity index (χ2v) is 9.30. The molecule has 0 aliphatic carbocycles. The molecule has 1 aromatic carbocycles. The molecule has 0 saturated carbocycles. The van der Waals surface area contributed by atoms with Crippen LogP contribution in [0.4, 0.5) is 4.39 Å². The van der Waals surface area contributed by atoms with Gasteiger partial charge in [0.05, 0.1) is 19.3 Å². The molecule has 1 amide bonds. The minimum Gasteiger partial charge on any atom is -0.379 e. The highest BCUT2D eigenvalue weighted by Gasteiger charge is 2.27. The molecule has 1 saturated heterocycles. The van der Waals surface area contributed by atoms with Crippen LogP contribution in [0, 0.1) is 5.82 Å². The summed E-state index contributed by atoms with van der Waals surface area (Å²) in [6.45, 7) is 8.48. The van der Waals surface area contributed by atoms with Gasteiger partial charge in [-0.2, -0.15) is 4.72 Å². The van der Waals surface area contributed by atoms with Crippen molar-refractivity contribution in [2.45, 2.75) is 50.5 Å². The van der Waals surface area contributed by atoms with Crippen LogP contribution in [0.3, 0.4) is 0 Å². The number of amides is 1. The van der Waals surface area contributed by atoms with Crippen LogP contribution < -0.4 is 4.72 Å². The smallest absolute Gasteiger partial charge is 0.244 e. The summed E-state index contributed by atoms with van der Waals surface area (Å²) < 4.78 is 46.7. The van der Waals surface area contributed by atoms with Gasteiger partial charge in [-0.3, -0.25) is 9.69 Å². The third kappa shape index (κ3) is 7.61. The molecule has 1 N–H and O–H groups in total. The molecule has 7 nitrogen and oxygen atoms in total. The molecule has 0 unspecified atom stereocenters. The molecule has 1 heterocycles. The Balaban J connectivity index is 2.01. The number of halogens is 1. The zero-order valence-corrected chi connectivity index (χ0v) is 18.8. The van der Waals surface area contributed by atoms with Gasteiger partial charge in [-0.15, -0.1) is 0 Å². The van der Waals surface area contributed by atoms with Crippen molar-refractivity contribution in [1.29, 1.82) is 0 Å². The van der Waals surface area contributed by atoms with Gasteiger partial charge >= 0.3 is 0 Å². The van der Waals surface area contributed by atoms with Crippen molar-refractivity contribution in [3.63, 3.8) is 0 Å². The molecule has 0 spiro atoms. The molecular formula is C21H34FN3O4S. The first kappa shape index (κ1) is 24.7. The van der Waals surface area contributed by atoms with Crippen LogP contribution in [0.15, 0.2) is 29.2 Å². The Bertz CT molecular complexity index is 769. The molecule has 1 aromatic rings. The normalized spacial score (nSPS) is 16.4. The number of rotatable bonds is 12. The summed E-state index contributed by atoms with van der Waals surface area (Å²) in [6, 6.07) is 4.17. The maximum atomic E-state index is 13.9. The molecule has 1 fully saturated rings. The third-order valence-corrected chi connectivity index (χ3v) is 6.79. The molecule has 0 aromatic heterocycles. The number of morpholine rings is 1. The molecule has 9 heteroatoms. The Morgan fingerprint density at radius 3 is 2.57 bits per heavy atom. The first-order valence-corrected chi connectivity index (χ1v) is 12.2. The number of sulfonamides is 1. The summed E-state index contributed by atoms with van der Waals surface area (Å²) in [7, 11) is -4.13. The molecule has 1 aliphatic rings. The van der Waals surface area contributed by atoms with E-state index in [-0.39, 0.29) is 5.91 Å². The summed E-state index contributed by atoms with van der Waals surface area (Å²) in [5.74, 6) is -1.13. The van der Waals surface area contributed by atoms with E-state index < -0.39 is 26.8 Å². The highest BCUT2D eigenvalue weighted by molar-refractivity contribution is 7.89.